The maximum Gasteiger partial charge on any atom is 0.513 e. The van der Waals surface area contributed by atoms with Gasteiger partial charge >= 0.3 is 6.16 Å². The minimum absolute atomic E-state index is 0.205. The van der Waals surface area contributed by atoms with Crippen molar-refractivity contribution < 1.29 is 23.9 Å². The highest BCUT2D eigenvalue weighted by Crippen LogP contribution is 2.19. The standard InChI is InChI=1S/C26H23ClN2O5/c1-2-33-26(32)34-21-14-11-19(12-15-21)25(31)29-23-10-6-4-8-20(23)17-28-24(30)16-13-18-7-3-5-9-22(18)27/h3-16H,2,17H2,1H3,(H,28,30)(H,29,31)/b16-13+. The average Bonchev–Trinajstić information content (AvgIpc) is 2.83. The number of amides is 2. The van der Waals surface area contributed by atoms with Gasteiger partial charge in [0.25, 0.3) is 5.91 Å². The molecule has 0 saturated heterocycles. The third-order valence-corrected chi connectivity index (χ3v) is 4.96. The lowest BCUT2D eigenvalue weighted by Crippen LogP contribution is -2.22. The molecule has 8 heteroatoms. The van der Waals surface area contributed by atoms with Gasteiger partial charge in [-0.1, -0.05) is 48.0 Å². The fourth-order valence-electron chi connectivity index (χ4n) is 2.93. The minimum atomic E-state index is -0.808. The molecule has 0 unspecified atom stereocenters. The van der Waals surface area contributed by atoms with Crippen LogP contribution in [0.2, 0.25) is 5.02 Å². The first kappa shape index (κ1) is 24.5. The Balaban J connectivity index is 1.59. The molecule has 0 atom stereocenters. The number of carbonyl (C=O) groups is 3. The number of para-hydroxylation sites is 1. The van der Waals surface area contributed by atoms with Crippen LogP contribution in [0.3, 0.4) is 0 Å². The smallest absolute Gasteiger partial charge is 0.434 e. The number of hydrogen-bond donors (Lipinski definition) is 2. The molecule has 174 valence electrons. The Morgan fingerprint density at radius 3 is 2.38 bits per heavy atom. The van der Waals surface area contributed by atoms with E-state index in [9.17, 15) is 14.4 Å². The van der Waals surface area contributed by atoms with E-state index in [2.05, 4.69) is 10.6 Å². The summed E-state index contributed by atoms with van der Waals surface area (Å²) in [6, 6.07) is 20.5. The van der Waals surface area contributed by atoms with Crippen molar-refractivity contribution in [2.24, 2.45) is 0 Å². The van der Waals surface area contributed by atoms with Crippen molar-refractivity contribution >= 4 is 41.3 Å². The van der Waals surface area contributed by atoms with Crippen molar-refractivity contribution in [3.05, 3.63) is 101 Å². The quantitative estimate of drug-likeness (QED) is 0.255. The Labute approximate surface area is 202 Å². The number of nitrogens with one attached hydrogen (secondary N) is 2. The Morgan fingerprint density at radius 1 is 0.941 bits per heavy atom. The molecule has 0 aromatic heterocycles. The van der Waals surface area contributed by atoms with Crippen molar-refractivity contribution in [1.29, 1.82) is 0 Å². The van der Waals surface area contributed by atoms with E-state index in [0.29, 0.717) is 16.3 Å². The maximum atomic E-state index is 12.7. The van der Waals surface area contributed by atoms with E-state index in [4.69, 9.17) is 21.1 Å². The van der Waals surface area contributed by atoms with Gasteiger partial charge in [-0.25, -0.2) is 4.79 Å². The molecular weight excluding hydrogens is 456 g/mol. The summed E-state index contributed by atoms with van der Waals surface area (Å²) in [5.41, 5.74) is 2.41. The first-order valence-electron chi connectivity index (χ1n) is 10.5. The first-order chi connectivity index (χ1) is 16.5. The Hall–Kier alpha value is -4.10. The van der Waals surface area contributed by atoms with Gasteiger partial charge in [-0.3, -0.25) is 9.59 Å². The van der Waals surface area contributed by atoms with Crippen LogP contribution in [-0.4, -0.2) is 24.6 Å². The second kappa shape index (κ2) is 12.2. The van der Waals surface area contributed by atoms with Crippen LogP contribution in [0.4, 0.5) is 10.5 Å². The van der Waals surface area contributed by atoms with Gasteiger partial charge in [-0.15, -0.1) is 0 Å². The number of carbonyl (C=O) groups excluding carboxylic acids is 3. The summed E-state index contributed by atoms with van der Waals surface area (Å²) < 4.78 is 9.71. The van der Waals surface area contributed by atoms with Crippen LogP contribution >= 0.6 is 11.6 Å². The third-order valence-electron chi connectivity index (χ3n) is 4.62. The summed E-state index contributed by atoms with van der Waals surface area (Å²) in [6.07, 6.45) is 2.24. The van der Waals surface area contributed by atoms with E-state index in [-0.39, 0.29) is 30.7 Å². The summed E-state index contributed by atoms with van der Waals surface area (Å²) in [7, 11) is 0. The summed E-state index contributed by atoms with van der Waals surface area (Å²) in [4.78, 5) is 36.3. The summed E-state index contributed by atoms with van der Waals surface area (Å²) >= 11 is 6.09. The number of rotatable bonds is 8. The highest BCUT2D eigenvalue weighted by atomic mass is 35.5. The molecule has 0 saturated carbocycles. The third kappa shape index (κ3) is 7.21. The normalized spacial score (nSPS) is 10.5. The van der Waals surface area contributed by atoms with E-state index in [1.807, 2.05) is 30.3 Å². The van der Waals surface area contributed by atoms with E-state index >= 15 is 0 Å². The zero-order valence-corrected chi connectivity index (χ0v) is 19.2. The van der Waals surface area contributed by atoms with E-state index in [1.54, 1.807) is 31.2 Å². The van der Waals surface area contributed by atoms with Gasteiger partial charge in [0.15, 0.2) is 0 Å². The second-order valence-electron chi connectivity index (χ2n) is 6.99. The van der Waals surface area contributed by atoms with Crippen LogP contribution in [0.15, 0.2) is 78.9 Å². The number of hydrogen-bond acceptors (Lipinski definition) is 5. The molecule has 34 heavy (non-hydrogen) atoms. The van der Waals surface area contributed by atoms with Crippen LogP contribution in [0.25, 0.3) is 6.08 Å². The molecule has 0 bridgehead atoms. The lowest BCUT2D eigenvalue weighted by Gasteiger charge is -2.12. The summed E-state index contributed by atoms with van der Waals surface area (Å²) in [5.74, 6) is -0.374. The first-order valence-corrected chi connectivity index (χ1v) is 10.9. The number of benzene rings is 3. The molecule has 0 fully saturated rings. The zero-order valence-electron chi connectivity index (χ0n) is 18.4. The number of anilines is 1. The fraction of sp³-hybridized carbons (Fsp3) is 0.115. The predicted molar refractivity (Wildman–Crippen MR) is 131 cm³/mol. The van der Waals surface area contributed by atoms with Crippen LogP contribution in [0.5, 0.6) is 5.75 Å². The largest absolute Gasteiger partial charge is 0.513 e. The molecule has 2 N–H and O–H groups in total. The fourth-order valence-corrected chi connectivity index (χ4v) is 3.12. The second-order valence-corrected chi connectivity index (χ2v) is 7.40. The number of ether oxygens (including phenoxy) is 2. The highest BCUT2D eigenvalue weighted by molar-refractivity contribution is 6.32. The molecule has 2 amide bonds. The van der Waals surface area contributed by atoms with Gasteiger partial charge in [0.1, 0.15) is 5.75 Å². The topological polar surface area (TPSA) is 93.7 Å². The monoisotopic (exact) mass is 478 g/mol. The van der Waals surface area contributed by atoms with E-state index in [1.165, 1.54) is 30.3 Å². The van der Waals surface area contributed by atoms with Crippen LogP contribution in [0, 0.1) is 0 Å². The van der Waals surface area contributed by atoms with E-state index < -0.39 is 6.16 Å². The van der Waals surface area contributed by atoms with Gasteiger partial charge in [-0.2, -0.15) is 0 Å². The maximum absolute atomic E-state index is 12.7. The molecule has 0 spiro atoms. The summed E-state index contributed by atoms with van der Waals surface area (Å²) in [5, 5.41) is 6.19. The SMILES string of the molecule is CCOC(=O)Oc1ccc(C(=O)Nc2ccccc2CNC(=O)/C=C/c2ccccc2Cl)cc1. The molecule has 0 aliphatic heterocycles. The Morgan fingerprint density at radius 2 is 1.65 bits per heavy atom. The molecule has 7 nitrogen and oxygen atoms in total. The van der Waals surface area contributed by atoms with Crippen LogP contribution in [0.1, 0.15) is 28.4 Å². The van der Waals surface area contributed by atoms with Gasteiger partial charge in [0.2, 0.25) is 5.91 Å². The van der Waals surface area contributed by atoms with Gasteiger partial charge in [0, 0.05) is 28.9 Å². The average molecular weight is 479 g/mol. The lowest BCUT2D eigenvalue weighted by molar-refractivity contribution is -0.116. The van der Waals surface area contributed by atoms with Crippen molar-refractivity contribution in [3.8, 4) is 5.75 Å². The van der Waals surface area contributed by atoms with Gasteiger partial charge < -0.3 is 20.1 Å². The molecule has 0 radical (unpaired) electrons. The van der Waals surface area contributed by atoms with Crippen molar-refractivity contribution in [2.75, 3.05) is 11.9 Å². The Bertz CT molecular complexity index is 1190. The lowest BCUT2D eigenvalue weighted by atomic mass is 10.1. The van der Waals surface area contributed by atoms with Crippen molar-refractivity contribution in [2.45, 2.75) is 13.5 Å². The molecule has 3 rings (SSSR count). The molecule has 0 heterocycles. The number of halogens is 1. The summed E-state index contributed by atoms with van der Waals surface area (Å²) in [6.45, 7) is 2.10. The van der Waals surface area contributed by atoms with Crippen molar-refractivity contribution in [3.63, 3.8) is 0 Å². The predicted octanol–water partition coefficient (Wildman–Crippen LogP) is 5.46. The minimum Gasteiger partial charge on any atom is -0.434 e. The zero-order chi connectivity index (χ0) is 24.3. The molecule has 3 aromatic rings. The van der Waals surface area contributed by atoms with Crippen molar-refractivity contribution in [1.82, 2.24) is 5.32 Å². The Kier molecular flexibility index (Phi) is 8.82. The van der Waals surface area contributed by atoms with Gasteiger partial charge in [-0.05, 0) is 60.5 Å². The highest BCUT2D eigenvalue weighted by Gasteiger charge is 2.11. The van der Waals surface area contributed by atoms with Crippen LogP contribution in [-0.2, 0) is 16.1 Å². The molecule has 0 aliphatic carbocycles. The van der Waals surface area contributed by atoms with E-state index in [0.717, 1.165) is 11.1 Å². The van der Waals surface area contributed by atoms with Gasteiger partial charge in [0.05, 0.1) is 6.61 Å². The molecular formula is C26H23ClN2O5. The molecule has 0 aliphatic rings. The van der Waals surface area contributed by atoms with Crippen LogP contribution < -0.4 is 15.4 Å². The molecule has 3 aromatic carbocycles.